The molecule has 0 fully saturated rings. The lowest BCUT2D eigenvalue weighted by Crippen LogP contribution is -2.38. The van der Waals surface area contributed by atoms with Crippen molar-refractivity contribution < 1.29 is 31.5 Å². The number of hydrogen-bond donors (Lipinski definition) is 2. The van der Waals surface area contributed by atoms with Gasteiger partial charge in [-0.15, -0.1) is 0 Å². The first-order valence-corrected chi connectivity index (χ1v) is 10.8. The molecule has 1 atom stereocenters. The number of alkyl halides is 3. The molecule has 0 radical (unpaired) electrons. The summed E-state index contributed by atoms with van der Waals surface area (Å²) in [6, 6.07) is 7.12. The molecule has 14 heteroatoms. The molecule has 0 amide bonds. The molecular formula is C18H17ClF3N5O4S. The quantitative estimate of drug-likeness (QED) is 0.563. The number of para-hydroxylation sites is 1. The number of hydrogen-bond acceptors (Lipinski definition) is 6. The van der Waals surface area contributed by atoms with Crippen molar-refractivity contribution in [3.8, 4) is 0 Å². The molecule has 1 unspecified atom stereocenters. The molecule has 0 saturated carbocycles. The summed E-state index contributed by atoms with van der Waals surface area (Å²) in [6.07, 6.45) is -1.78. The Hall–Kier alpha value is -2.90. The number of sulfonamides is 1. The second kappa shape index (κ2) is 8.56. The molecule has 0 aliphatic carbocycles. The monoisotopic (exact) mass is 491 g/mol. The van der Waals surface area contributed by atoms with Gasteiger partial charge in [-0.1, -0.05) is 29.8 Å². The highest BCUT2D eigenvalue weighted by Gasteiger charge is 2.38. The van der Waals surface area contributed by atoms with E-state index in [4.69, 9.17) is 27.2 Å². The van der Waals surface area contributed by atoms with Gasteiger partial charge < -0.3 is 10.8 Å². The van der Waals surface area contributed by atoms with Crippen LogP contribution in [-0.2, 0) is 14.8 Å². The summed E-state index contributed by atoms with van der Waals surface area (Å²) in [5.74, 6) is -2.76. The molecule has 0 spiro atoms. The van der Waals surface area contributed by atoms with E-state index >= 15 is 0 Å². The number of rotatable bonds is 2. The third-order valence-electron chi connectivity index (χ3n) is 4.63. The fourth-order valence-corrected chi connectivity index (χ4v) is 4.69. The van der Waals surface area contributed by atoms with Gasteiger partial charge in [-0.05, 0) is 25.0 Å². The lowest BCUT2D eigenvalue weighted by molar-refractivity contribution is -0.192. The zero-order chi connectivity index (χ0) is 23.8. The summed E-state index contributed by atoms with van der Waals surface area (Å²) in [5, 5.41) is 11.7. The van der Waals surface area contributed by atoms with Crippen molar-refractivity contribution in [2.45, 2.75) is 30.5 Å². The number of carbonyl (C=O) groups is 1. The minimum absolute atomic E-state index is 0.0597. The van der Waals surface area contributed by atoms with Crippen molar-refractivity contribution in [2.24, 2.45) is 5.73 Å². The number of carboxylic acids is 1. The Balaban J connectivity index is 0.000000360. The second-order valence-electron chi connectivity index (χ2n) is 6.79. The number of nitrogens with zero attached hydrogens (tertiary/aromatic N) is 4. The summed E-state index contributed by atoms with van der Waals surface area (Å²) < 4.78 is 60.8. The van der Waals surface area contributed by atoms with Crippen molar-refractivity contribution in [1.82, 2.24) is 14.6 Å². The summed E-state index contributed by atoms with van der Waals surface area (Å²) in [7, 11) is -3.78. The van der Waals surface area contributed by atoms with Gasteiger partial charge in [0.1, 0.15) is 9.92 Å². The summed E-state index contributed by atoms with van der Waals surface area (Å²) >= 11 is 6.12. The van der Waals surface area contributed by atoms with E-state index in [-0.39, 0.29) is 10.9 Å². The van der Waals surface area contributed by atoms with E-state index in [2.05, 4.69) is 10.1 Å². The van der Waals surface area contributed by atoms with Gasteiger partial charge in [0, 0.05) is 12.6 Å². The van der Waals surface area contributed by atoms with Gasteiger partial charge in [-0.2, -0.15) is 18.3 Å². The number of fused-ring (bicyclic) bond motifs is 2. The average molecular weight is 492 g/mol. The Morgan fingerprint density at radius 3 is 2.56 bits per heavy atom. The van der Waals surface area contributed by atoms with Gasteiger partial charge >= 0.3 is 12.1 Å². The molecule has 1 aromatic carbocycles. The SMILES string of the molecule is Cc1nn2cc(S(=O)(=O)N3CCC(N)c4ccccc43)cnc2c1Cl.O=C(O)C(F)(F)F. The minimum atomic E-state index is -5.08. The van der Waals surface area contributed by atoms with Crippen LogP contribution in [0.1, 0.15) is 23.7 Å². The number of halogens is 4. The molecular weight excluding hydrogens is 475 g/mol. The molecule has 3 heterocycles. The molecule has 0 bridgehead atoms. The normalized spacial score (nSPS) is 16.3. The van der Waals surface area contributed by atoms with E-state index in [0.717, 1.165) is 5.56 Å². The van der Waals surface area contributed by atoms with Crippen LogP contribution in [0.15, 0.2) is 41.6 Å². The maximum Gasteiger partial charge on any atom is 0.490 e. The first-order valence-electron chi connectivity index (χ1n) is 9.02. The largest absolute Gasteiger partial charge is 0.490 e. The van der Waals surface area contributed by atoms with Crippen molar-refractivity contribution in [3.63, 3.8) is 0 Å². The third kappa shape index (κ3) is 4.49. The topological polar surface area (TPSA) is 131 Å². The zero-order valence-corrected chi connectivity index (χ0v) is 18.0. The fraction of sp³-hybridized carbons (Fsp3) is 0.278. The van der Waals surface area contributed by atoms with Gasteiger partial charge in [-0.3, -0.25) is 4.31 Å². The Morgan fingerprint density at radius 2 is 1.94 bits per heavy atom. The van der Waals surface area contributed by atoms with Crippen LogP contribution in [0.3, 0.4) is 0 Å². The fourth-order valence-electron chi connectivity index (χ4n) is 3.07. The zero-order valence-electron chi connectivity index (χ0n) is 16.4. The first-order chi connectivity index (χ1) is 14.8. The Kier molecular flexibility index (Phi) is 6.36. The molecule has 9 nitrogen and oxygen atoms in total. The minimum Gasteiger partial charge on any atom is -0.475 e. The van der Waals surface area contributed by atoms with E-state index in [1.807, 2.05) is 12.1 Å². The van der Waals surface area contributed by atoms with E-state index in [9.17, 15) is 21.6 Å². The van der Waals surface area contributed by atoms with Gasteiger partial charge in [0.25, 0.3) is 10.0 Å². The molecule has 1 aliphatic heterocycles. The molecule has 3 aromatic rings. The summed E-state index contributed by atoms with van der Waals surface area (Å²) in [4.78, 5) is 13.1. The van der Waals surface area contributed by atoms with Crippen molar-refractivity contribution >= 4 is 38.9 Å². The summed E-state index contributed by atoms with van der Waals surface area (Å²) in [5.41, 5.74) is 8.58. The number of anilines is 1. The Morgan fingerprint density at radius 1 is 1.31 bits per heavy atom. The number of aromatic nitrogens is 3. The molecule has 3 N–H and O–H groups in total. The highest BCUT2D eigenvalue weighted by Crippen LogP contribution is 2.35. The van der Waals surface area contributed by atoms with Crippen LogP contribution < -0.4 is 10.0 Å². The Labute approximate surface area is 185 Å². The number of aliphatic carboxylic acids is 1. The highest BCUT2D eigenvalue weighted by molar-refractivity contribution is 7.92. The van der Waals surface area contributed by atoms with Crippen LogP contribution in [0.4, 0.5) is 18.9 Å². The van der Waals surface area contributed by atoms with E-state index in [0.29, 0.717) is 35.0 Å². The number of nitrogens with two attached hydrogens (primary N) is 1. The van der Waals surface area contributed by atoms with Crippen LogP contribution in [0.2, 0.25) is 5.02 Å². The molecule has 32 heavy (non-hydrogen) atoms. The van der Waals surface area contributed by atoms with Crippen LogP contribution in [0.5, 0.6) is 0 Å². The van der Waals surface area contributed by atoms with Crippen LogP contribution in [0, 0.1) is 6.92 Å². The standard InChI is InChI=1S/C16H16ClN5O2S.C2HF3O2/c1-10-15(17)16-19-8-11(9-21(16)20-10)25(23,24)22-7-6-13(18)12-4-2-3-5-14(12)22;3-2(4,5)1(6)7/h2-5,8-9,13H,6-7,18H2,1H3;(H,6,7). The van der Waals surface area contributed by atoms with Crippen molar-refractivity contribution in [2.75, 3.05) is 10.8 Å². The molecule has 172 valence electrons. The number of carboxylic acid groups (broad SMARTS) is 1. The predicted octanol–water partition coefficient (Wildman–Crippen LogP) is 2.92. The number of aryl methyl sites for hydroxylation is 1. The predicted molar refractivity (Wildman–Crippen MR) is 109 cm³/mol. The molecule has 1 aliphatic rings. The van der Waals surface area contributed by atoms with Crippen LogP contribution in [-0.4, -0.2) is 46.8 Å². The Bertz CT molecular complexity index is 1280. The maximum absolute atomic E-state index is 13.2. The third-order valence-corrected chi connectivity index (χ3v) is 6.84. The number of benzene rings is 1. The van der Waals surface area contributed by atoms with Crippen molar-refractivity contribution in [3.05, 3.63) is 52.9 Å². The van der Waals surface area contributed by atoms with E-state index in [1.165, 1.54) is 21.2 Å². The van der Waals surface area contributed by atoms with Crippen molar-refractivity contribution in [1.29, 1.82) is 0 Å². The van der Waals surface area contributed by atoms with E-state index < -0.39 is 22.2 Å². The van der Waals surface area contributed by atoms with Gasteiger partial charge in [0.05, 0.1) is 23.8 Å². The average Bonchev–Trinajstić information content (AvgIpc) is 3.01. The van der Waals surface area contributed by atoms with Gasteiger partial charge in [0.15, 0.2) is 5.65 Å². The lowest BCUT2D eigenvalue weighted by Gasteiger charge is -2.33. The molecule has 2 aromatic heterocycles. The smallest absolute Gasteiger partial charge is 0.475 e. The van der Waals surface area contributed by atoms with Crippen LogP contribution in [0.25, 0.3) is 5.65 Å². The maximum atomic E-state index is 13.2. The molecule has 4 rings (SSSR count). The van der Waals surface area contributed by atoms with Crippen LogP contribution >= 0.6 is 11.6 Å². The first kappa shape index (κ1) is 23.8. The van der Waals surface area contributed by atoms with Gasteiger partial charge in [-0.25, -0.2) is 22.7 Å². The highest BCUT2D eigenvalue weighted by atomic mass is 35.5. The summed E-state index contributed by atoms with van der Waals surface area (Å²) in [6.45, 7) is 2.06. The van der Waals surface area contributed by atoms with E-state index in [1.54, 1.807) is 19.1 Å². The lowest BCUT2D eigenvalue weighted by atomic mass is 9.99. The molecule has 0 saturated heterocycles. The van der Waals surface area contributed by atoms with Gasteiger partial charge in [0.2, 0.25) is 0 Å². The second-order valence-corrected chi connectivity index (χ2v) is 9.03.